The Morgan fingerprint density at radius 3 is 1.07 bits per heavy atom. The van der Waals surface area contributed by atoms with Gasteiger partial charge in [0, 0.05) is 64.9 Å². The lowest BCUT2D eigenvalue weighted by Crippen LogP contribution is -2.68. The zero-order valence-corrected chi connectivity index (χ0v) is 72.2. The molecule has 0 bridgehead atoms. The van der Waals surface area contributed by atoms with Crippen LogP contribution >= 0.6 is 34.8 Å². The molecule has 0 amide bonds. The number of halogens is 3. The highest BCUT2D eigenvalue weighted by Gasteiger charge is 2.63. The Hall–Kier alpha value is -8.42. The predicted octanol–water partition coefficient (Wildman–Crippen LogP) is 18.7. The van der Waals surface area contributed by atoms with E-state index in [9.17, 15) is 25.2 Å². The van der Waals surface area contributed by atoms with E-state index in [-0.39, 0.29) is 31.3 Å². The summed E-state index contributed by atoms with van der Waals surface area (Å²) in [4.78, 5) is 12.8. The molecule has 18 nitrogen and oxygen atoms in total. The molecule has 0 aromatic heterocycles. The van der Waals surface area contributed by atoms with Gasteiger partial charge in [-0.15, -0.1) is 0 Å². The number of hydrogen-bond donors (Lipinski definition) is 4. The summed E-state index contributed by atoms with van der Waals surface area (Å²) >= 11 is 20.0. The molecule has 0 aliphatic carbocycles. The van der Waals surface area contributed by atoms with Gasteiger partial charge in [0.2, 0.25) is 17.4 Å². The number of methoxy groups -OCH3 is 3. The first-order valence-corrected chi connectivity index (χ1v) is 42.3. The number of aliphatic hydroxyl groups excluding tert-OH is 4. The van der Waals surface area contributed by atoms with Crippen molar-refractivity contribution in [2.75, 3.05) is 47.8 Å². The van der Waals surface area contributed by atoms with Crippen LogP contribution in [0.1, 0.15) is 134 Å². The van der Waals surface area contributed by atoms with Crippen molar-refractivity contribution < 1.29 is 86.8 Å². The van der Waals surface area contributed by atoms with Gasteiger partial charge in [0.05, 0.1) is 77.3 Å². The third kappa shape index (κ3) is 22.0. The minimum absolute atomic E-state index is 0.0587. The summed E-state index contributed by atoms with van der Waals surface area (Å²) in [5, 5.41) is 43.9. The van der Waals surface area contributed by atoms with Gasteiger partial charge in [-0.1, -0.05) is 238 Å². The van der Waals surface area contributed by atoms with E-state index in [2.05, 4.69) is 56.3 Å². The number of carbonyl (C=O) groups excluding carboxylic acids is 1. The summed E-state index contributed by atoms with van der Waals surface area (Å²) in [5.74, 6) is -2.57. The second kappa shape index (κ2) is 44.1. The van der Waals surface area contributed by atoms with E-state index in [1.807, 2.05) is 223 Å². The molecular formula is C99H113Cl3O18. The van der Waals surface area contributed by atoms with E-state index < -0.39 is 78.2 Å². The van der Waals surface area contributed by atoms with Crippen molar-refractivity contribution in [3.63, 3.8) is 0 Å². The van der Waals surface area contributed by atoms with Crippen LogP contribution in [-0.2, 0) is 115 Å². The maximum Gasteiger partial charge on any atom is 0.225 e. The lowest BCUT2D eigenvalue weighted by molar-refractivity contribution is -0.389. The minimum Gasteiger partial charge on any atom is -0.494 e. The second-order valence-corrected chi connectivity index (χ2v) is 31.5. The van der Waals surface area contributed by atoms with Crippen LogP contribution in [0, 0.1) is 11.8 Å². The van der Waals surface area contributed by atoms with Crippen molar-refractivity contribution in [3.8, 4) is 17.2 Å². The molecular weight excluding hydrogens is 1580 g/mol. The molecule has 3 saturated heterocycles. The number of carbonyl (C=O) groups is 1. The first kappa shape index (κ1) is 92.3. The Bertz CT molecular complexity index is 4770. The first-order valence-electron chi connectivity index (χ1n) is 41.2. The third-order valence-corrected chi connectivity index (χ3v) is 23.8. The van der Waals surface area contributed by atoms with Crippen molar-refractivity contribution in [3.05, 3.63) is 336 Å². The van der Waals surface area contributed by atoms with E-state index in [0.717, 1.165) is 84.9 Å². The number of benzene rings is 10. The van der Waals surface area contributed by atoms with Gasteiger partial charge < -0.3 is 86.8 Å². The molecule has 638 valence electrons. The molecule has 3 aliphatic heterocycles. The van der Waals surface area contributed by atoms with Crippen LogP contribution in [0.3, 0.4) is 0 Å². The molecule has 3 fully saturated rings. The normalized spacial score (nSPS) is 25.2. The Kier molecular flexibility index (Phi) is 33.9. The maximum absolute atomic E-state index is 12.8. The number of hydrogen-bond acceptors (Lipinski definition) is 18. The quantitative estimate of drug-likeness (QED) is 0.0276. The van der Waals surface area contributed by atoms with Gasteiger partial charge in [-0.05, 0) is 181 Å². The molecule has 10 aromatic carbocycles. The molecule has 0 spiro atoms. The summed E-state index contributed by atoms with van der Waals surface area (Å²) in [6.07, 6.45) is -3.70. The van der Waals surface area contributed by atoms with Crippen LogP contribution in [0.4, 0.5) is 0 Å². The van der Waals surface area contributed by atoms with Crippen LogP contribution in [0.5, 0.6) is 17.2 Å². The lowest BCUT2D eigenvalue weighted by Gasteiger charge is -2.54. The molecule has 3 aliphatic rings. The summed E-state index contributed by atoms with van der Waals surface area (Å²) in [5.41, 5.74) is 10.2. The topological polar surface area (TPSA) is 218 Å². The molecule has 15 atom stereocenters. The molecule has 10 aromatic rings. The number of aliphatic hydroxyl groups is 4. The smallest absolute Gasteiger partial charge is 0.225 e. The second-order valence-electron chi connectivity index (χ2n) is 30.3. The van der Waals surface area contributed by atoms with E-state index in [4.69, 9.17) is 96.4 Å². The minimum atomic E-state index is -1.65. The monoisotopic (exact) mass is 1690 g/mol. The van der Waals surface area contributed by atoms with Crippen molar-refractivity contribution in [1.82, 2.24) is 0 Å². The number of rotatable bonds is 34. The first-order chi connectivity index (χ1) is 58.2. The highest BCUT2D eigenvalue weighted by molar-refractivity contribution is 6.32. The zero-order valence-electron chi connectivity index (χ0n) is 69.9. The van der Waals surface area contributed by atoms with E-state index in [1.54, 1.807) is 25.3 Å². The highest BCUT2D eigenvalue weighted by atomic mass is 35.5. The summed E-state index contributed by atoms with van der Waals surface area (Å²) in [7, 11) is 4.61. The van der Waals surface area contributed by atoms with Crippen molar-refractivity contribution >= 4 is 41.1 Å². The van der Waals surface area contributed by atoms with E-state index in [0.29, 0.717) is 91.2 Å². The van der Waals surface area contributed by atoms with Crippen LogP contribution < -0.4 is 14.2 Å². The molecule has 13 rings (SSSR count). The number of ether oxygens (including phenoxy) is 13. The SMILES string of the molecule is CCOc1ccc(Cc2cc([C@]3(OC)O[C@@](C=O)(CO)[C@@H](C)[C@H](OCc4ccccc4)[C@H]3OCc3ccccc3)ccc2Cl)cc1.CCOc1ccc(Cc2cc([C@]3(OC)O[C@H](CC)[C@@H](C)[C@H](OCc4ccccc4)[C@H]3OCc3ccccc3)ccc2Cl)cc1.CCOc1ccc(Cc2cc([C@]3(OC)O[C@H](CC)[C@@H](O)[C@H](O)[C@H]3O)ccc2Cl)cc1. The zero-order chi connectivity index (χ0) is 85.4. The Labute approximate surface area is 721 Å². The average molecular weight is 1700 g/mol. The molecule has 0 saturated carbocycles. The molecule has 3 heterocycles. The Balaban J connectivity index is 0.000000180. The standard InChI is InChI=1S/C38H41ClO7.C38H43ClO5.C23H29ClO6/c1-4-43-33-18-15-28(16-19-33)21-31-22-32(17-20-34(31)39)38(42-3)36(45-24-30-13-9-6-10-14-30)35(27(2)37(25-40,26-41)46-38)44-23-29-11-7-5-8-12-29;1-5-35-27(3)36(42-25-29-13-9-7-10-14-29)37(43-26-30-15-11-8-12-16-30)38(40-4,44-35)32-19-22-34(39)31(24-32)23-28-17-20-33(21-18-28)41-6-2;1-4-19-20(25)21(26)22(27)23(28-3,30-19)16-8-11-18(24)15(13-16)12-14-6-9-17(10-7-14)29-5-2/h5-20,22,25,27,35-36,41H,4,21,23-24,26H2,1-3H3;7-22,24,27,35-37H,5-6,23,25-26H2,1-4H3;6-11,13,19-22,25-27H,4-5,12H2,1-3H3/t27-,35-,36+,37-,38-;27-,35-,36+,37-,38+;19-,20-,21+,22-,23+/m011/s1. The third-order valence-electron chi connectivity index (χ3n) is 22.7. The van der Waals surface area contributed by atoms with Crippen molar-refractivity contribution in [2.45, 2.75) is 185 Å². The molecule has 0 unspecified atom stereocenters. The van der Waals surface area contributed by atoms with Gasteiger partial charge in [-0.3, -0.25) is 0 Å². The Morgan fingerprint density at radius 1 is 0.392 bits per heavy atom. The fraction of sp³-hybridized carbons (Fsp3) is 0.384. The predicted molar refractivity (Wildman–Crippen MR) is 465 cm³/mol. The van der Waals surface area contributed by atoms with Gasteiger partial charge in [-0.25, -0.2) is 0 Å². The fourth-order valence-electron chi connectivity index (χ4n) is 15.9. The number of aldehydes is 1. The molecule has 4 N–H and O–H groups in total. The fourth-order valence-corrected chi connectivity index (χ4v) is 16.5. The van der Waals surface area contributed by atoms with Gasteiger partial charge in [0.1, 0.15) is 47.8 Å². The van der Waals surface area contributed by atoms with Gasteiger partial charge in [-0.2, -0.15) is 0 Å². The van der Waals surface area contributed by atoms with Crippen molar-refractivity contribution in [1.29, 1.82) is 0 Å². The van der Waals surface area contributed by atoms with Gasteiger partial charge >= 0.3 is 0 Å². The lowest BCUT2D eigenvalue weighted by atomic mass is 9.76. The van der Waals surface area contributed by atoms with Gasteiger partial charge in [0.15, 0.2) is 11.9 Å². The van der Waals surface area contributed by atoms with E-state index in [1.165, 1.54) is 14.2 Å². The summed E-state index contributed by atoms with van der Waals surface area (Å²) in [6.45, 7) is 16.4. The van der Waals surface area contributed by atoms with Crippen molar-refractivity contribution in [2.24, 2.45) is 11.8 Å². The van der Waals surface area contributed by atoms with Crippen LogP contribution in [0.15, 0.2) is 249 Å². The maximum atomic E-state index is 12.8. The highest BCUT2D eigenvalue weighted by Crippen LogP contribution is 2.51. The molecule has 120 heavy (non-hydrogen) atoms. The average Bonchev–Trinajstić information content (AvgIpc) is 0.736. The van der Waals surface area contributed by atoms with Crippen LogP contribution in [0.25, 0.3) is 0 Å². The van der Waals surface area contributed by atoms with E-state index >= 15 is 0 Å². The van der Waals surface area contributed by atoms with Crippen LogP contribution in [-0.4, -0.2) is 135 Å². The summed E-state index contributed by atoms with van der Waals surface area (Å²) < 4.78 is 81.5. The molecule has 21 heteroatoms. The largest absolute Gasteiger partial charge is 0.494 e. The summed E-state index contributed by atoms with van der Waals surface area (Å²) in [6, 6.07) is 80.5. The Morgan fingerprint density at radius 2 is 0.725 bits per heavy atom. The van der Waals surface area contributed by atoms with Crippen LogP contribution in [0.2, 0.25) is 15.1 Å². The van der Waals surface area contributed by atoms with Gasteiger partial charge in [0.25, 0.3) is 0 Å². The molecule has 0 radical (unpaired) electrons.